The number of fused-ring (bicyclic) bond motifs is 1. The summed E-state index contributed by atoms with van der Waals surface area (Å²) < 4.78 is 6.69. The van der Waals surface area contributed by atoms with E-state index in [9.17, 15) is 5.26 Å². The molecule has 5 nitrogen and oxygen atoms in total. The predicted molar refractivity (Wildman–Crippen MR) is 83.3 cm³/mol. The molecule has 0 aliphatic carbocycles. The summed E-state index contributed by atoms with van der Waals surface area (Å²) in [7, 11) is 0. The number of halogens is 1. The molecule has 20 heavy (non-hydrogen) atoms. The van der Waals surface area contributed by atoms with E-state index < -0.39 is 0 Å². The van der Waals surface area contributed by atoms with Gasteiger partial charge in [-0.05, 0) is 41.1 Å². The molecule has 0 radical (unpaired) electrons. The number of ether oxygens (including phenoxy) is 1. The molecule has 3 unspecified atom stereocenters. The van der Waals surface area contributed by atoms with Crippen LogP contribution in [0.3, 0.4) is 0 Å². The number of hydrogen-bond acceptors (Lipinski definition) is 5. The minimum Gasteiger partial charge on any atom is -0.453 e. The molecule has 2 aliphatic heterocycles. The second-order valence-corrected chi connectivity index (χ2v) is 6.00. The lowest BCUT2D eigenvalue weighted by molar-refractivity contribution is 0.0453. The monoisotopic (exact) mass is 380 g/mol. The molecule has 0 fully saturated rings. The number of benzene rings is 1. The van der Waals surface area contributed by atoms with Gasteiger partial charge in [0.05, 0.1) is 11.5 Å². The molecule has 3 atom stereocenters. The van der Waals surface area contributed by atoms with Crippen molar-refractivity contribution in [1.29, 1.82) is 5.26 Å². The Morgan fingerprint density at radius 1 is 1.45 bits per heavy atom. The zero-order valence-corrected chi connectivity index (χ0v) is 13.0. The minimum atomic E-state index is -0.298. The average molecular weight is 380 g/mol. The Morgan fingerprint density at radius 3 is 2.90 bits per heavy atom. The Labute approximate surface area is 130 Å². The maximum atomic E-state index is 9.46. The highest BCUT2D eigenvalue weighted by atomic mass is 127. The van der Waals surface area contributed by atoms with Gasteiger partial charge in [0.25, 0.3) is 0 Å². The highest BCUT2D eigenvalue weighted by Crippen LogP contribution is 2.43. The van der Waals surface area contributed by atoms with Crippen LogP contribution in [0.4, 0.5) is 0 Å². The van der Waals surface area contributed by atoms with Crippen molar-refractivity contribution < 1.29 is 4.74 Å². The zero-order chi connectivity index (χ0) is 14.3. The van der Waals surface area contributed by atoms with Crippen LogP contribution in [-0.2, 0) is 4.74 Å². The van der Waals surface area contributed by atoms with Gasteiger partial charge >= 0.3 is 0 Å². The number of hydrogen-bond donors (Lipinski definition) is 2. The van der Waals surface area contributed by atoms with Crippen molar-refractivity contribution in [3.05, 3.63) is 44.9 Å². The summed E-state index contributed by atoms with van der Waals surface area (Å²) in [5, 5.41) is 13.7. The number of nitrogens with two attached hydrogens (primary N) is 1. The fourth-order valence-corrected chi connectivity index (χ4v) is 3.51. The van der Waals surface area contributed by atoms with Gasteiger partial charge < -0.3 is 10.5 Å². The van der Waals surface area contributed by atoms with Gasteiger partial charge in [-0.1, -0.05) is 18.2 Å². The second-order valence-electron chi connectivity index (χ2n) is 4.84. The third-order valence-corrected chi connectivity index (χ3v) is 4.71. The standard InChI is InChI=1S/C14H13IN4O/c1-7-11-12(8-4-2-3-5-10(8)15)9(6-16)13(17)20-14(11)19-18-7/h2-5,11-12,14,19H,17H2,1H3. The van der Waals surface area contributed by atoms with E-state index in [4.69, 9.17) is 10.5 Å². The van der Waals surface area contributed by atoms with E-state index in [1.807, 2.05) is 31.2 Å². The number of hydrazone groups is 1. The van der Waals surface area contributed by atoms with E-state index in [0.717, 1.165) is 14.8 Å². The van der Waals surface area contributed by atoms with Crippen LogP contribution < -0.4 is 11.2 Å². The molecular weight excluding hydrogens is 367 g/mol. The Balaban J connectivity index is 2.17. The molecule has 1 aromatic carbocycles. The Morgan fingerprint density at radius 2 is 2.20 bits per heavy atom. The molecule has 3 rings (SSSR count). The summed E-state index contributed by atoms with van der Waals surface area (Å²) in [6.07, 6.45) is -0.298. The number of rotatable bonds is 1. The van der Waals surface area contributed by atoms with Crippen LogP contribution in [0.2, 0.25) is 0 Å². The van der Waals surface area contributed by atoms with Gasteiger partial charge in [-0.15, -0.1) is 0 Å². The van der Waals surface area contributed by atoms with Gasteiger partial charge in [-0.3, -0.25) is 5.43 Å². The van der Waals surface area contributed by atoms with Gasteiger partial charge in [-0.25, -0.2) is 0 Å². The van der Waals surface area contributed by atoms with Crippen molar-refractivity contribution >= 4 is 28.3 Å². The van der Waals surface area contributed by atoms with Crippen LogP contribution in [0.1, 0.15) is 18.4 Å². The maximum absolute atomic E-state index is 9.46. The molecule has 0 amide bonds. The maximum Gasteiger partial charge on any atom is 0.201 e. The molecule has 6 heteroatoms. The third kappa shape index (κ3) is 1.93. The topological polar surface area (TPSA) is 83.4 Å². The smallest absolute Gasteiger partial charge is 0.201 e. The highest BCUT2D eigenvalue weighted by Gasteiger charge is 2.45. The largest absolute Gasteiger partial charge is 0.453 e. The van der Waals surface area contributed by atoms with Crippen LogP contribution in [0.15, 0.2) is 40.8 Å². The number of nitrogens with one attached hydrogen (secondary N) is 1. The van der Waals surface area contributed by atoms with Crippen LogP contribution in [0, 0.1) is 20.8 Å². The minimum absolute atomic E-state index is 0.00661. The zero-order valence-electron chi connectivity index (χ0n) is 10.8. The summed E-state index contributed by atoms with van der Waals surface area (Å²) in [5.74, 6) is 0.0641. The van der Waals surface area contributed by atoms with Crippen molar-refractivity contribution in [2.75, 3.05) is 0 Å². The molecule has 2 aliphatic rings. The van der Waals surface area contributed by atoms with Gasteiger partial charge in [0.1, 0.15) is 6.07 Å². The SMILES string of the molecule is CC1=NNC2OC(N)=C(C#N)C(c3ccccc3I)C12. The van der Waals surface area contributed by atoms with Crippen molar-refractivity contribution in [2.45, 2.75) is 19.1 Å². The van der Waals surface area contributed by atoms with Crippen LogP contribution in [0.25, 0.3) is 0 Å². The first-order chi connectivity index (χ1) is 9.63. The summed E-state index contributed by atoms with van der Waals surface area (Å²) in [5.41, 5.74) is 11.4. The lowest BCUT2D eigenvalue weighted by atomic mass is 9.77. The average Bonchev–Trinajstić information content (AvgIpc) is 2.79. The molecule has 2 heterocycles. The molecular formula is C14H13IN4O. The number of nitrogens with zero attached hydrogens (tertiary/aromatic N) is 2. The van der Waals surface area contributed by atoms with E-state index >= 15 is 0 Å². The van der Waals surface area contributed by atoms with Crippen molar-refractivity contribution in [2.24, 2.45) is 16.8 Å². The highest BCUT2D eigenvalue weighted by molar-refractivity contribution is 14.1. The third-order valence-electron chi connectivity index (χ3n) is 3.73. The first kappa shape index (κ1) is 13.2. The molecule has 0 aromatic heterocycles. The van der Waals surface area contributed by atoms with Crippen molar-refractivity contribution in [1.82, 2.24) is 5.43 Å². The summed E-state index contributed by atoms with van der Waals surface area (Å²) in [6.45, 7) is 1.94. The normalized spacial score (nSPS) is 28.1. The Hall–Kier alpha value is -1.75. The van der Waals surface area contributed by atoms with E-state index in [0.29, 0.717) is 5.57 Å². The fourth-order valence-electron chi connectivity index (χ4n) is 2.79. The van der Waals surface area contributed by atoms with Crippen LogP contribution in [0.5, 0.6) is 0 Å². The number of nitriles is 1. The van der Waals surface area contributed by atoms with Gasteiger partial charge in [-0.2, -0.15) is 10.4 Å². The molecule has 3 N–H and O–H groups in total. The molecule has 0 bridgehead atoms. The molecule has 102 valence electrons. The lowest BCUT2D eigenvalue weighted by Gasteiger charge is -2.34. The fraction of sp³-hybridized carbons (Fsp3) is 0.286. The van der Waals surface area contributed by atoms with Crippen molar-refractivity contribution in [3.63, 3.8) is 0 Å². The Bertz CT molecular complexity index is 661. The first-order valence-electron chi connectivity index (χ1n) is 6.24. The van der Waals surface area contributed by atoms with E-state index in [-0.39, 0.29) is 23.9 Å². The van der Waals surface area contributed by atoms with Gasteiger partial charge in [0, 0.05) is 15.2 Å². The van der Waals surface area contributed by atoms with Crippen molar-refractivity contribution in [3.8, 4) is 6.07 Å². The second kappa shape index (κ2) is 4.98. The van der Waals surface area contributed by atoms with E-state index in [1.165, 1.54) is 0 Å². The quantitative estimate of drug-likeness (QED) is 0.731. The first-order valence-corrected chi connectivity index (χ1v) is 7.32. The van der Waals surface area contributed by atoms with Gasteiger partial charge in [0.15, 0.2) is 6.23 Å². The van der Waals surface area contributed by atoms with Crippen LogP contribution in [-0.4, -0.2) is 11.9 Å². The van der Waals surface area contributed by atoms with E-state index in [1.54, 1.807) is 0 Å². The summed E-state index contributed by atoms with van der Waals surface area (Å²) in [6, 6.07) is 10.2. The van der Waals surface area contributed by atoms with Gasteiger partial charge in [0.2, 0.25) is 5.88 Å². The molecule has 1 aromatic rings. The number of allylic oxidation sites excluding steroid dienone is 1. The molecule has 0 spiro atoms. The van der Waals surface area contributed by atoms with E-state index in [2.05, 4.69) is 39.2 Å². The lowest BCUT2D eigenvalue weighted by Crippen LogP contribution is -2.42. The summed E-state index contributed by atoms with van der Waals surface area (Å²) >= 11 is 2.28. The molecule has 0 saturated heterocycles. The predicted octanol–water partition coefficient (Wildman–Crippen LogP) is 2.02. The van der Waals surface area contributed by atoms with Crippen LogP contribution >= 0.6 is 22.6 Å². The Kier molecular flexibility index (Phi) is 3.30. The molecule has 0 saturated carbocycles. The summed E-state index contributed by atoms with van der Waals surface area (Å²) in [4.78, 5) is 0.